The van der Waals surface area contributed by atoms with E-state index in [1.54, 1.807) is 0 Å². The molecule has 4 fully saturated rings. The summed E-state index contributed by atoms with van der Waals surface area (Å²) in [5.74, 6) is 0.0776. The summed E-state index contributed by atoms with van der Waals surface area (Å²) in [6.45, 7) is -1.31. The Labute approximate surface area is 344 Å². The van der Waals surface area contributed by atoms with Gasteiger partial charge in [0.25, 0.3) is 5.56 Å². The van der Waals surface area contributed by atoms with Crippen LogP contribution < -0.4 is 32.7 Å². The van der Waals surface area contributed by atoms with Gasteiger partial charge < -0.3 is 60.2 Å². The van der Waals surface area contributed by atoms with E-state index in [1.165, 1.54) is 0 Å². The van der Waals surface area contributed by atoms with Crippen molar-refractivity contribution in [1.82, 2.24) is 31.0 Å². The second-order valence-electron chi connectivity index (χ2n) is 14.3. The van der Waals surface area contributed by atoms with Crippen molar-refractivity contribution in [2.75, 3.05) is 25.5 Å². The summed E-state index contributed by atoms with van der Waals surface area (Å²) in [6.07, 6.45) is -11.5. The first-order valence-electron chi connectivity index (χ1n) is 18.9. The largest absolute Gasteiger partial charge is 0.483 e. The monoisotopic (exact) mass is 920 g/mol. The number of carbonyl (C=O) groups is 3. The van der Waals surface area contributed by atoms with Crippen LogP contribution in [0.3, 0.4) is 0 Å². The lowest BCUT2D eigenvalue weighted by Gasteiger charge is -2.40. The lowest BCUT2D eigenvalue weighted by atomic mass is 9.99. The number of urea groups is 1. The number of hydrogen-bond donors (Lipinski definition) is 12. The van der Waals surface area contributed by atoms with Crippen LogP contribution in [0.1, 0.15) is 57.6 Å². The number of aliphatic hydroxyl groups is 5. The summed E-state index contributed by atoms with van der Waals surface area (Å²) in [7, 11) is -11.3. The summed E-state index contributed by atoms with van der Waals surface area (Å²) < 4.78 is 55.2. The number of hydrazine groups is 1. The molecule has 1 aromatic heterocycles. The molecular formula is C31H50N6O20P2S. The van der Waals surface area contributed by atoms with Crippen molar-refractivity contribution in [1.29, 1.82) is 0 Å². The SMILES string of the molecule is O=C(CCCCCOC(=O)CCCC[C@@H]1SC[C@@H]2NC(=O)N[C@@H]21)NNC[C@H]1O[C@H](OP(=O)(O)OP(=O)(O)OC[C@H]2O[C@@H](n3ccc(=O)[nH]c3=O)[C@H](O)[C@@H]2O)[C@H](O)[C@@H](O)[C@H]1O. The van der Waals surface area contributed by atoms with Crippen molar-refractivity contribution in [3.63, 3.8) is 0 Å². The predicted octanol–water partition coefficient (Wildman–Crippen LogP) is -3.34. The molecule has 26 nitrogen and oxygen atoms in total. The molecule has 0 aliphatic carbocycles. The fourth-order valence-electron chi connectivity index (χ4n) is 6.76. The number of aromatic amines is 1. The third-order valence-corrected chi connectivity index (χ3v) is 14.0. The molecule has 3 amide bonds. The van der Waals surface area contributed by atoms with Crippen LogP contribution in [0.25, 0.3) is 0 Å². The van der Waals surface area contributed by atoms with Gasteiger partial charge in [-0.3, -0.25) is 38.4 Å². The molecule has 5 heterocycles. The Hall–Kier alpha value is -2.82. The molecule has 340 valence electrons. The number of H-pyrrole nitrogens is 1. The minimum atomic E-state index is -5.71. The average Bonchev–Trinajstić information content (AvgIpc) is 3.82. The molecule has 4 aliphatic heterocycles. The van der Waals surface area contributed by atoms with E-state index in [-0.39, 0.29) is 43.5 Å². The van der Waals surface area contributed by atoms with Crippen molar-refractivity contribution in [3.05, 3.63) is 33.1 Å². The number of aromatic nitrogens is 2. The number of aliphatic hydroxyl groups excluding tert-OH is 5. The van der Waals surface area contributed by atoms with Gasteiger partial charge in [-0.1, -0.05) is 6.42 Å². The van der Waals surface area contributed by atoms with Gasteiger partial charge in [0, 0.05) is 42.7 Å². The lowest BCUT2D eigenvalue weighted by Crippen LogP contribution is -2.61. The van der Waals surface area contributed by atoms with Crippen molar-refractivity contribution in [3.8, 4) is 0 Å². The fraction of sp³-hybridized carbons (Fsp3) is 0.774. The number of ether oxygens (including phenoxy) is 3. The second kappa shape index (κ2) is 21.5. The fourth-order valence-corrected chi connectivity index (χ4v) is 10.5. The summed E-state index contributed by atoms with van der Waals surface area (Å²) in [6, 6.07) is 1.06. The molecule has 0 bridgehead atoms. The van der Waals surface area contributed by atoms with Gasteiger partial charge >= 0.3 is 33.3 Å². The van der Waals surface area contributed by atoms with Crippen LogP contribution in [-0.4, -0.2) is 155 Å². The van der Waals surface area contributed by atoms with Crippen LogP contribution in [0.5, 0.6) is 0 Å². The highest BCUT2D eigenvalue weighted by Gasteiger charge is 2.50. The Kier molecular flexibility index (Phi) is 17.3. The minimum absolute atomic E-state index is 0.0511. The first-order valence-corrected chi connectivity index (χ1v) is 23.0. The third-order valence-electron chi connectivity index (χ3n) is 9.88. The molecule has 0 radical (unpaired) electrons. The predicted molar refractivity (Wildman–Crippen MR) is 201 cm³/mol. The number of thioether (sulfide) groups is 1. The number of unbranched alkanes of at least 4 members (excludes halogenated alkanes) is 3. The van der Waals surface area contributed by atoms with E-state index in [0.717, 1.165) is 35.4 Å². The van der Waals surface area contributed by atoms with E-state index in [0.29, 0.717) is 30.9 Å². The third kappa shape index (κ3) is 13.3. The van der Waals surface area contributed by atoms with E-state index >= 15 is 0 Å². The summed E-state index contributed by atoms with van der Waals surface area (Å²) in [5.41, 5.74) is 3.02. The van der Waals surface area contributed by atoms with Crippen LogP contribution in [0.4, 0.5) is 4.79 Å². The number of phosphoric acid groups is 2. The standard InChI is InChI=1S/C31H50N6O20P2S/c38-19-9-10-37(31(47)34-19)28-26(44)24(42)17(54-28)13-53-58(48,49)57-59(50,51)56-29-27(45)25(43)23(41)16(55-29)12-32-36-20(39)7-2-1-5-11-52-21(40)8-4-3-6-18-22-15(14-60-18)33-30(46)35-22/h9-10,15-18,22-29,32,41-45H,1-8,11-14H2,(H,36,39)(H,48,49)(H,50,51)(H2,33,35,46)(H,34,38,47)/t15-,16+,17+,18-,22-,23-,24+,25-,26+,27+,28+,29+/m0/s1. The molecule has 2 unspecified atom stereocenters. The Morgan fingerprint density at radius 3 is 2.37 bits per heavy atom. The van der Waals surface area contributed by atoms with Gasteiger partial charge in [-0.25, -0.2) is 24.1 Å². The zero-order valence-electron chi connectivity index (χ0n) is 31.8. The molecule has 5 rings (SSSR count). The quantitative estimate of drug-likeness (QED) is 0.0178. The van der Waals surface area contributed by atoms with E-state index in [4.69, 9.17) is 14.2 Å². The van der Waals surface area contributed by atoms with Crippen molar-refractivity contribution < 1.29 is 86.4 Å². The highest BCUT2D eigenvalue weighted by molar-refractivity contribution is 8.00. The van der Waals surface area contributed by atoms with Crippen LogP contribution in [0, 0.1) is 0 Å². The van der Waals surface area contributed by atoms with Gasteiger partial charge in [0.05, 0.1) is 25.3 Å². The Morgan fingerprint density at radius 2 is 1.62 bits per heavy atom. The molecule has 60 heavy (non-hydrogen) atoms. The molecule has 4 aliphatic rings. The average molecular weight is 921 g/mol. The van der Waals surface area contributed by atoms with Crippen molar-refractivity contribution >= 4 is 45.3 Å². The van der Waals surface area contributed by atoms with Crippen molar-refractivity contribution in [2.24, 2.45) is 0 Å². The van der Waals surface area contributed by atoms with Crippen molar-refractivity contribution in [2.45, 2.75) is 124 Å². The van der Waals surface area contributed by atoms with Gasteiger partial charge in [0.15, 0.2) is 12.5 Å². The first-order chi connectivity index (χ1) is 28.3. The number of hydrogen-bond acceptors (Lipinski definition) is 20. The zero-order valence-corrected chi connectivity index (χ0v) is 34.4. The van der Waals surface area contributed by atoms with E-state index in [2.05, 4.69) is 34.8 Å². The Bertz CT molecular complexity index is 1860. The number of amides is 3. The van der Waals surface area contributed by atoms with Gasteiger partial charge in [-0.05, 0) is 32.1 Å². The van der Waals surface area contributed by atoms with E-state index < -0.39 is 101 Å². The summed E-state index contributed by atoms with van der Waals surface area (Å²) >= 11 is 1.81. The lowest BCUT2D eigenvalue weighted by molar-refractivity contribution is -0.274. The number of phosphoric ester groups is 2. The highest BCUT2D eigenvalue weighted by Crippen LogP contribution is 2.61. The number of nitrogens with one attached hydrogen (secondary N) is 5. The molecule has 0 saturated carbocycles. The first kappa shape index (κ1) is 48.2. The topological polar surface area (TPSA) is 385 Å². The summed E-state index contributed by atoms with van der Waals surface area (Å²) in [4.78, 5) is 81.4. The molecule has 0 aromatic carbocycles. The van der Waals surface area contributed by atoms with E-state index in [9.17, 15) is 68.4 Å². The van der Waals surface area contributed by atoms with Gasteiger partial charge in [0.2, 0.25) is 5.91 Å². The Morgan fingerprint density at radius 1 is 0.883 bits per heavy atom. The molecule has 4 saturated heterocycles. The number of rotatable bonds is 22. The maximum Gasteiger partial charge on any atom is 0.483 e. The molecular weight excluding hydrogens is 870 g/mol. The normalized spacial score (nSPS) is 33.3. The minimum Gasteiger partial charge on any atom is -0.466 e. The number of carbonyl (C=O) groups excluding carboxylic acids is 3. The molecule has 29 heteroatoms. The Balaban J connectivity index is 0.947. The van der Waals surface area contributed by atoms with Gasteiger partial charge in [-0.15, -0.1) is 0 Å². The van der Waals surface area contributed by atoms with Crippen LogP contribution in [0.15, 0.2) is 21.9 Å². The van der Waals surface area contributed by atoms with Gasteiger partial charge in [0.1, 0.15) is 42.7 Å². The zero-order chi connectivity index (χ0) is 43.8. The molecule has 1 aromatic rings. The number of fused-ring (bicyclic) bond motifs is 1. The molecule has 12 N–H and O–H groups in total. The molecule has 0 spiro atoms. The van der Waals surface area contributed by atoms with Crippen LogP contribution in [0.2, 0.25) is 0 Å². The second-order valence-corrected chi connectivity index (χ2v) is 18.6. The molecule has 14 atom stereocenters. The number of nitrogens with zero attached hydrogens (tertiary/aromatic N) is 1. The highest BCUT2D eigenvalue weighted by atomic mass is 32.2. The van der Waals surface area contributed by atoms with Gasteiger partial charge in [-0.2, -0.15) is 16.1 Å². The number of esters is 1. The summed E-state index contributed by atoms with van der Waals surface area (Å²) in [5, 5.41) is 57.7. The van der Waals surface area contributed by atoms with Crippen LogP contribution >= 0.6 is 27.4 Å². The smallest absolute Gasteiger partial charge is 0.466 e. The maximum absolute atomic E-state index is 12.7. The van der Waals surface area contributed by atoms with Crippen LogP contribution in [-0.2, 0) is 46.3 Å². The van der Waals surface area contributed by atoms with E-state index in [1.807, 2.05) is 16.7 Å². The maximum atomic E-state index is 12.7.